The molecule has 6 nitrogen and oxygen atoms in total. The van der Waals surface area contributed by atoms with E-state index in [4.69, 9.17) is 0 Å². The molecule has 2 saturated carbocycles. The number of amides is 2. The molecule has 23 heavy (non-hydrogen) atoms. The molecule has 0 aromatic carbocycles. The van der Waals surface area contributed by atoms with Crippen molar-refractivity contribution in [3.8, 4) is 0 Å². The van der Waals surface area contributed by atoms with E-state index in [0.29, 0.717) is 11.7 Å². The van der Waals surface area contributed by atoms with E-state index in [1.54, 1.807) is 11.7 Å². The average Bonchev–Trinajstić information content (AvgIpc) is 3.07. The quantitative estimate of drug-likeness (QED) is 0.892. The summed E-state index contributed by atoms with van der Waals surface area (Å²) < 4.78 is 1.61. The van der Waals surface area contributed by atoms with Gasteiger partial charge in [-0.1, -0.05) is 13.8 Å². The van der Waals surface area contributed by atoms with E-state index in [9.17, 15) is 9.59 Å². The van der Waals surface area contributed by atoms with Crippen LogP contribution in [0.25, 0.3) is 0 Å². The molecule has 2 fully saturated rings. The van der Waals surface area contributed by atoms with Crippen LogP contribution < -0.4 is 10.6 Å². The number of nitrogens with one attached hydrogen (secondary N) is 2. The molecule has 0 radical (unpaired) electrons. The van der Waals surface area contributed by atoms with Crippen LogP contribution in [0.2, 0.25) is 0 Å². The Morgan fingerprint density at radius 3 is 2.52 bits per heavy atom. The number of hydrogen-bond donors (Lipinski definition) is 2. The largest absolute Gasteiger partial charge is 0.358 e. The van der Waals surface area contributed by atoms with Gasteiger partial charge in [0.25, 0.3) is 0 Å². The first-order valence-electron chi connectivity index (χ1n) is 8.36. The molecule has 2 aliphatic carbocycles. The highest BCUT2D eigenvalue weighted by Gasteiger charge is 2.62. The summed E-state index contributed by atoms with van der Waals surface area (Å²) in [6.45, 7) is 6.51. The predicted octanol–water partition coefficient (Wildman–Crippen LogP) is 2.09. The Balaban J connectivity index is 1.76. The van der Waals surface area contributed by atoms with Gasteiger partial charge in [-0.3, -0.25) is 14.3 Å². The van der Waals surface area contributed by atoms with E-state index in [0.717, 1.165) is 31.4 Å². The van der Waals surface area contributed by atoms with Gasteiger partial charge >= 0.3 is 0 Å². The second-order valence-electron chi connectivity index (χ2n) is 7.53. The Kier molecular flexibility index (Phi) is 3.73. The summed E-state index contributed by atoms with van der Waals surface area (Å²) in [6.07, 6.45) is 4.22. The van der Waals surface area contributed by atoms with E-state index in [1.165, 1.54) is 0 Å². The topological polar surface area (TPSA) is 76.0 Å². The molecule has 126 valence electrons. The van der Waals surface area contributed by atoms with E-state index in [1.807, 2.05) is 13.0 Å². The minimum atomic E-state index is -0.268. The monoisotopic (exact) mass is 318 g/mol. The summed E-state index contributed by atoms with van der Waals surface area (Å²) >= 11 is 0. The van der Waals surface area contributed by atoms with E-state index < -0.39 is 0 Å². The van der Waals surface area contributed by atoms with Crippen LogP contribution in [0.3, 0.4) is 0 Å². The third-order valence-corrected chi connectivity index (χ3v) is 6.32. The number of likely N-dealkylation sites (N-methyl/N-ethyl adjacent to an activating group) is 1. The fourth-order valence-corrected chi connectivity index (χ4v) is 4.57. The van der Waals surface area contributed by atoms with Gasteiger partial charge in [-0.05, 0) is 43.9 Å². The van der Waals surface area contributed by atoms with E-state index in [2.05, 4.69) is 29.6 Å². The Bertz CT molecular complexity index is 639. The zero-order valence-corrected chi connectivity index (χ0v) is 14.4. The smallest absolute Gasteiger partial charge is 0.241 e. The summed E-state index contributed by atoms with van der Waals surface area (Å²) in [5, 5.41) is 9.95. The van der Waals surface area contributed by atoms with Crippen LogP contribution in [0.1, 0.15) is 45.2 Å². The number of carbonyl (C=O) groups is 2. The molecule has 3 rings (SSSR count). The highest BCUT2D eigenvalue weighted by atomic mass is 16.2. The second-order valence-corrected chi connectivity index (χ2v) is 7.53. The predicted molar refractivity (Wildman–Crippen MR) is 87.8 cm³/mol. The summed E-state index contributed by atoms with van der Waals surface area (Å²) in [5.74, 6) is 1.17. The summed E-state index contributed by atoms with van der Waals surface area (Å²) in [5.41, 5.74) is 0.642. The lowest BCUT2D eigenvalue weighted by molar-refractivity contribution is -0.129. The normalized spacial score (nSPS) is 27.9. The first-order valence-corrected chi connectivity index (χ1v) is 8.36. The molecule has 0 unspecified atom stereocenters. The van der Waals surface area contributed by atoms with Gasteiger partial charge in [-0.15, -0.1) is 0 Å². The van der Waals surface area contributed by atoms with Crippen LogP contribution >= 0.6 is 0 Å². The first-order chi connectivity index (χ1) is 10.8. The zero-order valence-electron chi connectivity index (χ0n) is 14.4. The average molecular weight is 318 g/mol. The molecule has 2 amide bonds. The molecule has 2 N–H and O–H groups in total. The number of hydrogen-bond acceptors (Lipinski definition) is 3. The highest BCUT2D eigenvalue weighted by molar-refractivity contribution is 5.96. The Morgan fingerprint density at radius 2 is 2.00 bits per heavy atom. The van der Waals surface area contributed by atoms with Gasteiger partial charge < -0.3 is 10.6 Å². The minimum absolute atomic E-state index is 0.0524. The van der Waals surface area contributed by atoms with Gasteiger partial charge in [-0.2, -0.15) is 5.10 Å². The maximum atomic E-state index is 13.0. The minimum Gasteiger partial charge on any atom is -0.358 e. The third kappa shape index (κ3) is 2.35. The fraction of sp³-hybridized carbons (Fsp3) is 0.706. The zero-order chi connectivity index (χ0) is 16.8. The van der Waals surface area contributed by atoms with E-state index >= 15 is 0 Å². The van der Waals surface area contributed by atoms with Crippen molar-refractivity contribution in [1.82, 2.24) is 15.1 Å². The number of anilines is 1. The van der Waals surface area contributed by atoms with Crippen molar-refractivity contribution >= 4 is 17.6 Å². The number of carbonyl (C=O) groups excluding carboxylic acids is 2. The van der Waals surface area contributed by atoms with Crippen LogP contribution in [0.15, 0.2) is 6.07 Å². The van der Waals surface area contributed by atoms with Crippen molar-refractivity contribution in [2.24, 2.45) is 16.7 Å². The number of nitrogens with zero attached hydrogens (tertiary/aromatic N) is 2. The molecule has 1 aromatic heterocycles. The SMILES string of the molecule is CNC(=O)Cn1nc(NC(=O)C23CCC(CC2)C3(C)C)cc1C. The molecule has 0 aliphatic heterocycles. The van der Waals surface area contributed by atoms with Crippen LogP contribution in [-0.2, 0) is 16.1 Å². The van der Waals surface area contributed by atoms with Crippen LogP contribution in [0, 0.1) is 23.7 Å². The van der Waals surface area contributed by atoms with Crippen molar-refractivity contribution in [1.29, 1.82) is 0 Å². The fourth-order valence-electron chi connectivity index (χ4n) is 4.57. The Hall–Kier alpha value is -1.85. The molecular formula is C17H26N4O2. The van der Waals surface area contributed by atoms with Gasteiger partial charge in [0.15, 0.2) is 5.82 Å². The molecule has 0 atom stereocenters. The molecule has 0 spiro atoms. The highest BCUT2D eigenvalue weighted by Crippen LogP contribution is 2.65. The van der Waals surface area contributed by atoms with Gasteiger partial charge in [-0.25, -0.2) is 0 Å². The van der Waals surface area contributed by atoms with Crippen molar-refractivity contribution in [3.63, 3.8) is 0 Å². The summed E-state index contributed by atoms with van der Waals surface area (Å²) in [7, 11) is 1.60. The van der Waals surface area contributed by atoms with Gasteiger partial charge in [0, 0.05) is 18.8 Å². The number of rotatable bonds is 4. The Labute approximate surface area is 137 Å². The summed E-state index contributed by atoms with van der Waals surface area (Å²) in [4.78, 5) is 24.5. The van der Waals surface area contributed by atoms with Crippen molar-refractivity contribution in [3.05, 3.63) is 11.8 Å². The lowest BCUT2D eigenvalue weighted by Crippen LogP contribution is -2.42. The molecule has 2 aliphatic rings. The molecule has 1 heterocycles. The van der Waals surface area contributed by atoms with Crippen LogP contribution in [0.5, 0.6) is 0 Å². The standard InChI is InChI=1S/C17H26N4O2/c1-11-9-13(20-21(11)10-14(22)18-4)19-15(23)17-7-5-12(6-8-17)16(17,2)3/h9,12H,5-8,10H2,1-4H3,(H,18,22)(H,19,20,23). The number of fused-ring (bicyclic) bond motifs is 2. The molecule has 6 heteroatoms. The summed E-state index contributed by atoms with van der Waals surface area (Å²) in [6, 6.07) is 1.83. The van der Waals surface area contributed by atoms with Gasteiger partial charge in [0.1, 0.15) is 6.54 Å². The van der Waals surface area contributed by atoms with Crippen LogP contribution in [-0.4, -0.2) is 28.6 Å². The lowest BCUT2D eigenvalue weighted by Gasteiger charge is -2.36. The van der Waals surface area contributed by atoms with Gasteiger partial charge in [0.05, 0.1) is 5.41 Å². The maximum Gasteiger partial charge on any atom is 0.241 e. The molecule has 0 saturated heterocycles. The lowest BCUT2D eigenvalue weighted by atomic mass is 9.69. The van der Waals surface area contributed by atoms with Crippen molar-refractivity contribution in [2.45, 2.75) is 53.0 Å². The molecular weight excluding hydrogens is 292 g/mol. The Morgan fingerprint density at radius 1 is 1.35 bits per heavy atom. The molecule has 2 bridgehead atoms. The van der Waals surface area contributed by atoms with Gasteiger partial charge in [0.2, 0.25) is 11.8 Å². The van der Waals surface area contributed by atoms with E-state index in [-0.39, 0.29) is 29.2 Å². The third-order valence-electron chi connectivity index (χ3n) is 6.32. The van der Waals surface area contributed by atoms with Crippen molar-refractivity contribution < 1.29 is 9.59 Å². The second kappa shape index (κ2) is 5.35. The first kappa shape index (κ1) is 16.0. The van der Waals surface area contributed by atoms with Crippen molar-refractivity contribution in [2.75, 3.05) is 12.4 Å². The molecule has 1 aromatic rings. The maximum absolute atomic E-state index is 13.0. The van der Waals surface area contributed by atoms with Crippen LogP contribution in [0.4, 0.5) is 5.82 Å². The number of aryl methyl sites for hydroxylation is 1. The number of aromatic nitrogens is 2.